The summed E-state index contributed by atoms with van der Waals surface area (Å²) in [7, 11) is -3.64. The SMILES string of the molecule is Cc1cnc(C(=O)NCCS(=O)(=O)N2C3CCC2CC([C@H](N)Cc2cc(F)c(F)cc2F)C3)cn1. The van der Waals surface area contributed by atoms with Gasteiger partial charge in [-0.25, -0.2) is 26.6 Å². The van der Waals surface area contributed by atoms with Crippen LogP contribution in [0.5, 0.6) is 0 Å². The van der Waals surface area contributed by atoms with Crippen molar-refractivity contribution in [3.63, 3.8) is 0 Å². The van der Waals surface area contributed by atoms with E-state index in [0.717, 1.165) is 6.07 Å². The summed E-state index contributed by atoms with van der Waals surface area (Å²) in [6.07, 6.45) is 5.23. The molecule has 8 nitrogen and oxygen atoms in total. The normalized spacial score (nSPS) is 23.3. The quantitative estimate of drug-likeness (QED) is 0.524. The lowest BCUT2D eigenvalue weighted by atomic mass is 9.83. The van der Waals surface area contributed by atoms with Gasteiger partial charge < -0.3 is 11.1 Å². The zero-order valence-electron chi connectivity index (χ0n) is 19.3. The molecular weight excluding hydrogens is 483 g/mol. The highest BCUT2D eigenvalue weighted by Gasteiger charge is 2.47. The van der Waals surface area contributed by atoms with Crippen LogP contribution in [0.25, 0.3) is 0 Å². The fourth-order valence-corrected chi connectivity index (χ4v) is 6.98. The number of nitrogens with zero attached hydrogens (tertiary/aromatic N) is 3. The third-order valence-electron chi connectivity index (χ3n) is 6.83. The summed E-state index contributed by atoms with van der Waals surface area (Å²) in [5.74, 6) is -4.05. The van der Waals surface area contributed by atoms with Gasteiger partial charge in [-0.2, -0.15) is 4.31 Å². The van der Waals surface area contributed by atoms with E-state index in [9.17, 15) is 26.4 Å². The molecule has 2 unspecified atom stereocenters. The number of sulfonamides is 1. The molecule has 0 radical (unpaired) electrons. The van der Waals surface area contributed by atoms with E-state index in [0.29, 0.717) is 37.4 Å². The standard InChI is InChI=1S/C23H28F3N5O3S/c1-13-11-30-22(12-29-13)23(32)28-4-5-35(33,34)31-16-2-3-17(31)7-15(6-16)21(27)9-14-8-19(25)20(26)10-18(14)24/h8,10-12,15-17,21H,2-7,9,27H2,1H3,(H,28,32)/t15?,16?,17?,21-/m1/s1. The zero-order valence-corrected chi connectivity index (χ0v) is 20.1. The van der Waals surface area contributed by atoms with Crippen molar-refractivity contribution in [1.82, 2.24) is 19.6 Å². The van der Waals surface area contributed by atoms with E-state index in [1.807, 2.05) is 0 Å². The minimum absolute atomic E-state index is 0.00723. The van der Waals surface area contributed by atoms with Crippen molar-refractivity contribution in [2.75, 3.05) is 12.3 Å². The lowest BCUT2D eigenvalue weighted by Crippen LogP contribution is -2.51. The molecular formula is C23H28F3N5O3S. The van der Waals surface area contributed by atoms with Gasteiger partial charge in [0.1, 0.15) is 11.5 Å². The minimum atomic E-state index is -3.64. The molecule has 1 aromatic carbocycles. The summed E-state index contributed by atoms with van der Waals surface area (Å²) in [6.45, 7) is 1.68. The molecule has 35 heavy (non-hydrogen) atoms. The van der Waals surface area contributed by atoms with Crippen LogP contribution in [-0.2, 0) is 16.4 Å². The maximum Gasteiger partial charge on any atom is 0.271 e. The minimum Gasteiger partial charge on any atom is -0.350 e. The number of nitrogens with one attached hydrogen (secondary N) is 1. The molecule has 1 amide bonds. The van der Waals surface area contributed by atoms with E-state index in [4.69, 9.17) is 5.73 Å². The number of fused-ring (bicyclic) bond motifs is 2. The third-order valence-corrected chi connectivity index (χ3v) is 8.79. The van der Waals surface area contributed by atoms with Gasteiger partial charge in [-0.3, -0.25) is 9.78 Å². The van der Waals surface area contributed by atoms with Gasteiger partial charge in [0, 0.05) is 36.9 Å². The van der Waals surface area contributed by atoms with Crippen LogP contribution in [0.3, 0.4) is 0 Å². The number of aryl methyl sites for hydroxylation is 1. The van der Waals surface area contributed by atoms with Crippen LogP contribution in [0.15, 0.2) is 24.5 Å². The van der Waals surface area contributed by atoms with Crippen LogP contribution in [0.2, 0.25) is 0 Å². The number of nitrogens with two attached hydrogens (primary N) is 1. The average Bonchev–Trinajstić information content (AvgIpc) is 3.08. The van der Waals surface area contributed by atoms with E-state index in [1.165, 1.54) is 16.7 Å². The monoisotopic (exact) mass is 511 g/mol. The van der Waals surface area contributed by atoms with E-state index in [1.54, 1.807) is 6.92 Å². The molecule has 2 aromatic rings. The summed E-state index contributed by atoms with van der Waals surface area (Å²) in [5, 5.41) is 2.57. The van der Waals surface area contributed by atoms with Gasteiger partial charge in [-0.1, -0.05) is 0 Å². The first-order chi connectivity index (χ1) is 16.5. The molecule has 2 aliphatic rings. The van der Waals surface area contributed by atoms with E-state index < -0.39 is 39.4 Å². The molecule has 2 bridgehead atoms. The molecule has 2 saturated heterocycles. The summed E-state index contributed by atoms with van der Waals surface area (Å²) >= 11 is 0. The van der Waals surface area contributed by atoms with E-state index >= 15 is 0 Å². The predicted molar refractivity (Wildman–Crippen MR) is 122 cm³/mol. The maximum absolute atomic E-state index is 14.1. The Morgan fingerprint density at radius 3 is 2.40 bits per heavy atom. The van der Waals surface area contributed by atoms with Gasteiger partial charge in [0.05, 0.1) is 17.6 Å². The molecule has 4 rings (SSSR count). The van der Waals surface area contributed by atoms with Gasteiger partial charge in [-0.05, 0) is 56.6 Å². The Morgan fingerprint density at radius 2 is 1.77 bits per heavy atom. The van der Waals surface area contributed by atoms with Crippen LogP contribution in [0, 0.1) is 30.3 Å². The molecule has 190 valence electrons. The van der Waals surface area contributed by atoms with Crippen LogP contribution in [-0.4, -0.2) is 59.0 Å². The van der Waals surface area contributed by atoms with Crippen molar-refractivity contribution in [3.8, 4) is 0 Å². The van der Waals surface area contributed by atoms with Crippen molar-refractivity contribution in [1.29, 1.82) is 0 Å². The highest BCUT2D eigenvalue weighted by Crippen LogP contribution is 2.42. The Hall–Kier alpha value is -2.57. The molecule has 3 N–H and O–H groups in total. The molecule has 0 aliphatic carbocycles. The topological polar surface area (TPSA) is 118 Å². The highest BCUT2D eigenvalue weighted by atomic mass is 32.2. The third kappa shape index (κ3) is 5.65. The smallest absolute Gasteiger partial charge is 0.271 e. The first kappa shape index (κ1) is 25.5. The molecule has 0 spiro atoms. The first-order valence-corrected chi connectivity index (χ1v) is 13.1. The summed E-state index contributed by atoms with van der Waals surface area (Å²) < 4.78 is 68.5. The Morgan fingerprint density at radius 1 is 1.11 bits per heavy atom. The lowest BCUT2D eigenvalue weighted by Gasteiger charge is -2.40. The van der Waals surface area contributed by atoms with Gasteiger partial charge in [0.2, 0.25) is 10.0 Å². The number of piperidine rings is 1. The number of hydrogen-bond donors (Lipinski definition) is 2. The number of halogens is 3. The molecule has 2 aliphatic heterocycles. The Bertz CT molecular complexity index is 1180. The number of benzene rings is 1. The summed E-state index contributed by atoms with van der Waals surface area (Å²) in [4.78, 5) is 20.2. The van der Waals surface area contributed by atoms with E-state index in [-0.39, 0.29) is 48.0 Å². The van der Waals surface area contributed by atoms with Gasteiger partial charge in [-0.15, -0.1) is 0 Å². The van der Waals surface area contributed by atoms with Gasteiger partial charge in [0.25, 0.3) is 5.91 Å². The van der Waals surface area contributed by atoms with Crippen LogP contribution >= 0.6 is 0 Å². The Balaban J connectivity index is 1.34. The van der Waals surface area contributed by atoms with Gasteiger partial charge >= 0.3 is 0 Å². The Labute approximate surface area is 202 Å². The highest BCUT2D eigenvalue weighted by molar-refractivity contribution is 7.89. The number of carbonyl (C=O) groups is 1. The number of carbonyl (C=O) groups excluding carboxylic acids is 1. The summed E-state index contributed by atoms with van der Waals surface area (Å²) in [6, 6.07) is 0.360. The zero-order chi connectivity index (χ0) is 25.3. The molecule has 0 saturated carbocycles. The second-order valence-corrected chi connectivity index (χ2v) is 11.3. The van der Waals surface area contributed by atoms with Crippen LogP contribution < -0.4 is 11.1 Å². The van der Waals surface area contributed by atoms with E-state index in [2.05, 4.69) is 15.3 Å². The van der Waals surface area contributed by atoms with Crippen LogP contribution in [0.4, 0.5) is 13.2 Å². The number of hydrogen-bond acceptors (Lipinski definition) is 6. The number of aromatic nitrogens is 2. The largest absolute Gasteiger partial charge is 0.350 e. The molecule has 1 aromatic heterocycles. The second kappa shape index (κ2) is 10.2. The van der Waals surface area contributed by atoms with Crippen LogP contribution in [0.1, 0.15) is 47.4 Å². The maximum atomic E-state index is 14.1. The van der Waals surface area contributed by atoms with Crippen molar-refractivity contribution in [2.45, 2.75) is 57.2 Å². The molecule has 3 heterocycles. The fourth-order valence-electron chi connectivity index (χ4n) is 5.12. The molecule has 12 heteroatoms. The number of rotatable bonds is 8. The Kier molecular flexibility index (Phi) is 7.43. The molecule has 3 atom stereocenters. The summed E-state index contributed by atoms with van der Waals surface area (Å²) in [5.41, 5.74) is 7.10. The van der Waals surface area contributed by atoms with Crippen molar-refractivity contribution in [3.05, 3.63) is 58.9 Å². The van der Waals surface area contributed by atoms with Crippen molar-refractivity contribution < 1.29 is 26.4 Å². The predicted octanol–water partition coefficient (Wildman–Crippen LogP) is 2.07. The van der Waals surface area contributed by atoms with Crippen molar-refractivity contribution >= 4 is 15.9 Å². The van der Waals surface area contributed by atoms with Crippen molar-refractivity contribution in [2.24, 2.45) is 11.7 Å². The average molecular weight is 512 g/mol. The molecule has 2 fully saturated rings. The second-order valence-electron chi connectivity index (χ2n) is 9.29. The first-order valence-electron chi connectivity index (χ1n) is 11.5. The fraction of sp³-hybridized carbons (Fsp3) is 0.522. The lowest BCUT2D eigenvalue weighted by molar-refractivity contribution is 0.0950. The van der Waals surface area contributed by atoms with Gasteiger partial charge in [0.15, 0.2) is 11.6 Å². The number of amides is 1.